The Labute approximate surface area is 100 Å². The lowest BCUT2D eigenvalue weighted by Crippen LogP contribution is -2.31. The molecule has 2 aliphatic rings. The third-order valence-corrected chi connectivity index (χ3v) is 4.52. The van der Waals surface area contributed by atoms with Gasteiger partial charge in [0.2, 0.25) is 0 Å². The molecule has 16 heavy (non-hydrogen) atoms. The van der Waals surface area contributed by atoms with Crippen LogP contribution in [0.15, 0.2) is 18.2 Å². The minimum absolute atomic E-state index is 0.267. The second-order valence-corrected chi connectivity index (χ2v) is 5.62. The fraction of sp³-hybridized carbons (Fsp3) is 0.538. The molecule has 0 amide bonds. The van der Waals surface area contributed by atoms with Gasteiger partial charge in [-0.2, -0.15) is 11.8 Å². The van der Waals surface area contributed by atoms with Crippen LogP contribution in [-0.4, -0.2) is 22.7 Å². The SMILES string of the molecule is OC1CCCc2cc(OC3CSC3)ccc21. The molecule has 1 unspecified atom stereocenters. The van der Waals surface area contributed by atoms with Crippen LogP contribution < -0.4 is 4.74 Å². The van der Waals surface area contributed by atoms with Crippen molar-refractivity contribution in [2.45, 2.75) is 31.5 Å². The quantitative estimate of drug-likeness (QED) is 0.855. The maximum absolute atomic E-state index is 9.85. The van der Waals surface area contributed by atoms with E-state index < -0.39 is 0 Å². The first kappa shape index (κ1) is 10.5. The topological polar surface area (TPSA) is 29.5 Å². The van der Waals surface area contributed by atoms with Gasteiger partial charge in [0.05, 0.1) is 6.10 Å². The number of rotatable bonds is 2. The van der Waals surface area contributed by atoms with E-state index in [1.165, 1.54) is 5.56 Å². The van der Waals surface area contributed by atoms with Crippen LogP contribution in [0, 0.1) is 0 Å². The molecule has 0 aromatic heterocycles. The van der Waals surface area contributed by atoms with E-state index in [4.69, 9.17) is 4.74 Å². The summed E-state index contributed by atoms with van der Waals surface area (Å²) in [7, 11) is 0. The lowest BCUT2D eigenvalue weighted by molar-refractivity contribution is 0.156. The normalized spacial score (nSPS) is 24.7. The van der Waals surface area contributed by atoms with E-state index in [0.717, 1.165) is 42.1 Å². The van der Waals surface area contributed by atoms with E-state index in [0.29, 0.717) is 6.10 Å². The van der Waals surface area contributed by atoms with Crippen LogP contribution in [0.25, 0.3) is 0 Å². The van der Waals surface area contributed by atoms with Crippen LogP contribution in [-0.2, 0) is 6.42 Å². The number of aryl methyl sites for hydroxylation is 1. The van der Waals surface area contributed by atoms with E-state index in [1.54, 1.807) is 0 Å². The van der Waals surface area contributed by atoms with Crippen molar-refractivity contribution < 1.29 is 9.84 Å². The molecule has 3 heteroatoms. The summed E-state index contributed by atoms with van der Waals surface area (Å²) in [5.41, 5.74) is 2.37. The first-order valence-corrected chi connectivity index (χ1v) is 7.04. The van der Waals surface area contributed by atoms with Gasteiger partial charge in [0, 0.05) is 11.5 Å². The van der Waals surface area contributed by atoms with Crippen LogP contribution in [0.2, 0.25) is 0 Å². The van der Waals surface area contributed by atoms with Crippen LogP contribution in [0.5, 0.6) is 5.75 Å². The Morgan fingerprint density at radius 1 is 1.31 bits per heavy atom. The van der Waals surface area contributed by atoms with Crippen LogP contribution >= 0.6 is 11.8 Å². The largest absolute Gasteiger partial charge is 0.489 e. The molecule has 0 saturated carbocycles. The summed E-state index contributed by atoms with van der Waals surface area (Å²) in [5.74, 6) is 3.19. The van der Waals surface area contributed by atoms with Crippen LogP contribution in [0.1, 0.15) is 30.1 Å². The van der Waals surface area contributed by atoms with Crippen molar-refractivity contribution in [2.75, 3.05) is 11.5 Å². The first-order valence-electron chi connectivity index (χ1n) is 5.88. The van der Waals surface area contributed by atoms with Gasteiger partial charge >= 0.3 is 0 Å². The zero-order chi connectivity index (χ0) is 11.0. The average Bonchev–Trinajstić information content (AvgIpc) is 2.24. The molecule has 86 valence electrons. The van der Waals surface area contributed by atoms with Gasteiger partial charge < -0.3 is 9.84 Å². The number of aliphatic hydroxyl groups excluding tert-OH is 1. The third kappa shape index (κ3) is 1.94. The van der Waals surface area contributed by atoms with Gasteiger partial charge in [-0.3, -0.25) is 0 Å². The van der Waals surface area contributed by atoms with Crippen molar-refractivity contribution in [3.05, 3.63) is 29.3 Å². The number of benzene rings is 1. The van der Waals surface area contributed by atoms with Gasteiger partial charge in [-0.1, -0.05) is 6.07 Å². The number of hydrogen-bond acceptors (Lipinski definition) is 3. The summed E-state index contributed by atoms with van der Waals surface area (Å²) >= 11 is 1.93. The summed E-state index contributed by atoms with van der Waals surface area (Å²) in [6.45, 7) is 0. The Morgan fingerprint density at radius 3 is 2.94 bits per heavy atom. The first-order chi connectivity index (χ1) is 7.83. The van der Waals surface area contributed by atoms with Gasteiger partial charge in [0.25, 0.3) is 0 Å². The molecular formula is C13H16O2S. The maximum atomic E-state index is 9.85. The molecule has 1 aromatic rings. The minimum atomic E-state index is -0.267. The smallest absolute Gasteiger partial charge is 0.120 e. The van der Waals surface area contributed by atoms with Gasteiger partial charge in [0.1, 0.15) is 11.9 Å². The Balaban J connectivity index is 1.80. The number of aliphatic hydroxyl groups is 1. The molecule has 1 heterocycles. The van der Waals surface area contributed by atoms with Crippen molar-refractivity contribution in [1.82, 2.24) is 0 Å². The predicted octanol–water partition coefficient (Wildman–Crippen LogP) is 2.55. The Kier molecular flexibility index (Phi) is 2.82. The highest BCUT2D eigenvalue weighted by Gasteiger charge is 2.22. The predicted molar refractivity (Wildman–Crippen MR) is 66.1 cm³/mol. The monoisotopic (exact) mass is 236 g/mol. The van der Waals surface area contributed by atoms with Gasteiger partial charge in [0.15, 0.2) is 0 Å². The second kappa shape index (κ2) is 4.30. The van der Waals surface area contributed by atoms with Crippen molar-refractivity contribution in [3.63, 3.8) is 0 Å². The summed E-state index contributed by atoms with van der Waals surface area (Å²) in [4.78, 5) is 0. The Hall–Kier alpha value is -0.670. The van der Waals surface area contributed by atoms with Gasteiger partial charge in [-0.05, 0) is 42.5 Å². The highest BCUT2D eigenvalue weighted by molar-refractivity contribution is 8.00. The molecule has 0 spiro atoms. The number of thioether (sulfide) groups is 1. The lowest BCUT2D eigenvalue weighted by atomic mass is 9.89. The fourth-order valence-electron chi connectivity index (χ4n) is 2.31. The molecule has 1 fully saturated rings. The molecule has 3 rings (SSSR count). The molecule has 1 saturated heterocycles. The zero-order valence-electron chi connectivity index (χ0n) is 9.19. The van der Waals surface area contributed by atoms with Crippen LogP contribution in [0.4, 0.5) is 0 Å². The number of ether oxygens (including phenoxy) is 1. The molecule has 1 N–H and O–H groups in total. The fourth-order valence-corrected chi connectivity index (χ4v) is 2.88. The van der Waals surface area contributed by atoms with Crippen molar-refractivity contribution in [3.8, 4) is 5.75 Å². The van der Waals surface area contributed by atoms with E-state index in [1.807, 2.05) is 23.9 Å². The number of hydrogen-bond donors (Lipinski definition) is 1. The van der Waals surface area contributed by atoms with Gasteiger partial charge in [-0.25, -0.2) is 0 Å². The van der Waals surface area contributed by atoms with Crippen molar-refractivity contribution in [2.24, 2.45) is 0 Å². The van der Waals surface area contributed by atoms with E-state index in [2.05, 4.69) is 6.07 Å². The van der Waals surface area contributed by atoms with E-state index in [9.17, 15) is 5.11 Å². The van der Waals surface area contributed by atoms with Crippen molar-refractivity contribution in [1.29, 1.82) is 0 Å². The molecule has 1 aliphatic carbocycles. The maximum Gasteiger partial charge on any atom is 0.120 e. The summed E-state index contributed by atoms with van der Waals surface area (Å²) < 4.78 is 5.85. The number of fused-ring (bicyclic) bond motifs is 1. The Morgan fingerprint density at radius 2 is 2.19 bits per heavy atom. The highest BCUT2D eigenvalue weighted by Crippen LogP contribution is 2.33. The summed E-state index contributed by atoms with van der Waals surface area (Å²) in [6, 6.07) is 6.14. The Bertz CT molecular complexity index is 388. The highest BCUT2D eigenvalue weighted by atomic mass is 32.2. The third-order valence-electron chi connectivity index (χ3n) is 3.31. The minimum Gasteiger partial charge on any atom is -0.489 e. The van der Waals surface area contributed by atoms with Crippen LogP contribution in [0.3, 0.4) is 0 Å². The standard InChI is InChI=1S/C13H16O2S/c14-13-3-1-2-9-6-10(4-5-12(9)13)15-11-7-16-8-11/h4-6,11,13-14H,1-3,7-8H2. The van der Waals surface area contributed by atoms with E-state index in [-0.39, 0.29) is 6.10 Å². The molecule has 1 aromatic carbocycles. The summed E-state index contributed by atoms with van der Waals surface area (Å²) in [6.07, 6.45) is 3.18. The van der Waals surface area contributed by atoms with E-state index >= 15 is 0 Å². The summed E-state index contributed by atoms with van der Waals surface area (Å²) in [5, 5.41) is 9.85. The second-order valence-electron chi connectivity index (χ2n) is 4.55. The molecule has 0 bridgehead atoms. The lowest BCUT2D eigenvalue weighted by Gasteiger charge is -2.27. The molecule has 0 radical (unpaired) electrons. The zero-order valence-corrected chi connectivity index (χ0v) is 10.0. The average molecular weight is 236 g/mol. The molecule has 1 aliphatic heterocycles. The molecular weight excluding hydrogens is 220 g/mol. The molecule has 2 nitrogen and oxygen atoms in total. The van der Waals surface area contributed by atoms with Crippen molar-refractivity contribution >= 4 is 11.8 Å². The molecule has 1 atom stereocenters. The van der Waals surface area contributed by atoms with Gasteiger partial charge in [-0.15, -0.1) is 0 Å².